The molecule has 0 aliphatic rings. The van der Waals surface area contributed by atoms with Crippen molar-refractivity contribution in [2.45, 2.75) is 25.6 Å². The molecule has 116 valence electrons. The predicted octanol–water partition coefficient (Wildman–Crippen LogP) is 1.51. The van der Waals surface area contributed by atoms with E-state index in [9.17, 15) is 13.2 Å². The van der Waals surface area contributed by atoms with Gasteiger partial charge in [0, 0.05) is 26.3 Å². The van der Waals surface area contributed by atoms with Gasteiger partial charge in [0.05, 0.1) is 6.61 Å². The van der Waals surface area contributed by atoms with Crippen LogP contribution in [0.25, 0.3) is 0 Å². The third-order valence-corrected chi connectivity index (χ3v) is 1.81. The van der Waals surface area contributed by atoms with Crippen LogP contribution in [-0.4, -0.2) is 51.7 Å². The van der Waals surface area contributed by atoms with Gasteiger partial charge in [0.2, 0.25) is 0 Å². The molecule has 3 N–H and O–H groups in total. The highest BCUT2D eigenvalue weighted by Gasteiger charge is 2.27. The second-order valence-electron chi connectivity index (χ2n) is 3.79. The van der Waals surface area contributed by atoms with Crippen LogP contribution in [-0.2, 0) is 9.47 Å². The molecule has 0 aromatic rings. The van der Waals surface area contributed by atoms with E-state index in [0.717, 1.165) is 0 Å². The number of aliphatic imine (C=N–C) groups is 1. The molecular formula is C10H21F3IN3O2. The van der Waals surface area contributed by atoms with E-state index in [4.69, 9.17) is 10.5 Å². The van der Waals surface area contributed by atoms with Crippen LogP contribution in [0.15, 0.2) is 4.99 Å². The normalized spacial score (nSPS) is 13.8. The van der Waals surface area contributed by atoms with Gasteiger partial charge < -0.3 is 20.5 Å². The largest absolute Gasteiger partial charge is 0.411 e. The molecule has 0 saturated carbocycles. The van der Waals surface area contributed by atoms with Gasteiger partial charge in [-0.05, 0) is 13.3 Å². The van der Waals surface area contributed by atoms with Crippen molar-refractivity contribution >= 4 is 29.9 Å². The summed E-state index contributed by atoms with van der Waals surface area (Å²) < 4.78 is 44.5. The Hall–Kier alpha value is -0.290. The molecule has 0 spiro atoms. The van der Waals surface area contributed by atoms with E-state index in [0.29, 0.717) is 19.6 Å². The van der Waals surface area contributed by atoms with Crippen molar-refractivity contribution in [3.8, 4) is 0 Å². The lowest BCUT2D eigenvalue weighted by atomic mass is 10.4. The smallest absolute Gasteiger partial charge is 0.383 e. The van der Waals surface area contributed by atoms with Gasteiger partial charge in [-0.25, -0.2) is 0 Å². The van der Waals surface area contributed by atoms with E-state index in [-0.39, 0.29) is 42.6 Å². The number of nitrogens with one attached hydrogen (secondary N) is 1. The number of hydrogen-bond donors (Lipinski definition) is 2. The molecule has 0 aromatic heterocycles. The number of hydrogen-bond acceptors (Lipinski definition) is 3. The highest BCUT2D eigenvalue weighted by molar-refractivity contribution is 14.0. The number of guanidine groups is 1. The van der Waals surface area contributed by atoms with Gasteiger partial charge in [-0.15, -0.1) is 24.0 Å². The standard InChI is InChI=1S/C10H20F3N3O2.HI/c1-8(6-17-2)16-9(14)15-4-3-5-18-7-10(11,12)13;/h8H,3-7H2,1-2H3,(H3,14,15,16);1H. The minimum atomic E-state index is -4.28. The maximum atomic E-state index is 11.7. The van der Waals surface area contributed by atoms with E-state index in [1.165, 1.54) is 0 Å². The summed E-state index contributed by atoms with van der Waals surface area (Å²) in [5, 5.41) is 2.88. The maximum Gasteiger partial charge on any atom is 0.411 e. The average Bonchev–Trinajstić information content (AvgIpc) is 2.21. The van der Waals surface area contributed by atoms with Crippen molar-refractivity contribution in [2.24, 2.45) is 10.7 Å². The number of halogens is 4. The fraction of sp³-hybridized carbons (Fsp3) is 0.900. The van der Waals surface area contributed by atoms with Crippen molar-refractivity contribution in [1.29, 1.82) is 0 Å². The lowest BCUT2D eigenvalue weighted by molar-refractivity contribution is -0.173. The molecule has 0 saturated heterocycles. The van der Waals surface area contributed by atoms with Crippen LogP contribution in [0.2, 0.25) is 0 Å². The second kappa shape index (κ2) is 11.5. The summed E-state index contributed by atoms with van der Waals surface area (Å²) in [6.45, 7) is 1.46. The topological polar surface area (TPSA) is 68.9 Å². The lowest BCUT2D eigenvalue weighted by Gasteiger charge is -2.13. The molecule has 1 atom stereocenters. The zero-order valence-electron chi connectivity index (χ0n) is 11.0. The number of rotatable bonds is 8. The van der Waals surface area contributed by atoms with E-state index in [1.807, 2.05) is 6.92 Å². The lowest BCUT2D eigenvalue weighted by Crippen LogP contribution is -2.40. The van der Waals surface area contributed by atoms with Crippen molar-refractivity contribution < 1.29 is 22.6 Å². The Morgan fingerprint density at radius 3 is 2.58 bits per heavy atom. The first-order valence-electron chi connectivity index (χ1n) is 5.55. The van der Waals surface area contributed by atoms with Gasteiger partial charge in [-0.3, -0.25) is 4.99 Å². The second-order valence-corrected chi connectivity index (χ2v) is 3.79. The van der Waals surface area contributed by atoms with Crippen LogP contribution < -0.4 is 11.1 Å². The first-order chi connectivity index (χ1) is 8.35. The highest BCUT2D eigenvalue weighted by Crippen LogP contribution is 2.14. The van der Waals surface area contributed by atoms with Gasteiger partial charge in [0.25, 0.3) is 0 Å². The fourth-order valence-corrected chi connectivity index (χ4v) is 1.14. The zero-order chi connectivity index (χ0) is 14.0. The number of nitrogens with zero attached hydrogens (tertiary/aromatic N) is 1. The summed E-state index contributed by atoms with van der Waals surface area (Å²) in [4.78, 5) is 3.95. The SMILES string of the molecule is COCC(C)NC(N)=NCCCOCC(F)(F)F.I. The van der Waals surface area contributed by atoms with E-state index in [1.54, 1.807) is 7.11 Å². The summed E-state index contributed by atoms with van der Waals surface area (Å²) in [6.07, 6.45) is -3.89. The first kappa shape index (κ1) is 21.0. The Kier molecular flexibility index (Phi) is 12.8. The van der Waals surface area contributed by atoms with Crippen LogP contribution >= 0.6 is 24.0 Å². The van der Waals surface area contributed by atoms with E-state index >= 15 is 0 Å². The summed E-state index contributed by atoms with van der Waals surface area (Å²) >= 11 is 0. The van der Waals surface area contributed by atoms with Crippen molar-refractivity contribution in [1.82, 2.24) is 5.32 Å². The van der Waals surface area contributed by atoms with Crippen LogP contribution in [0.5, 0.6) is 0 Å². The van der Waals surface area contributed by atoms with Gasteiger partial charge in [0.1, 0.15) is 6.61 Å². The molecular weight excluding hydrogens is 378 g/mol. The predicted molar refractivity (Wildman–Crippen MR) is 77.9 cm³/mol. The quantitative estimate of drug-likeness (QED) is 0.281. The summed E-state index contributed by atoms with van der Waals surface area (Å²) in [5.74, 6) is 0.246. The van der Waals surface area contributed by atoms with Crippen LogP contribution in [0.4, 0.5) is 13.2 Å². The summed E-state index contributed by atoms with van der Waals surface area (Å²) in [6, 6.07) is 0.0280. The molecule has 0 aliphatic heterocycles. The summed E-state index contributed by atoms with van der Waals surface area (Å²) in [5.41, 5.74) is 5.55. The Morgan fingerprint density at radius 2 is 2.05 bits per heavy atom. The molecule has 0 heterocycles. The molecule has 0 aliphatic carbocycles. The molecule has 19 heavy (non-hydrogen) atoms. The fourth-order valence-electron chi connectivity index (χ4n) is 1.14. The number of alkyl halides is 3. The van der Waals surface area contributed by atoms with Crippen LogP contribution in [0, 0.1) is 0 Å². The Bertz CT molecular complexity index is 253. The van der Waals surface area contributed by atoms with E-state index in [2.05, 4.69) is 15.0 Å². The summed E-state index contributed by atoms with van der Waals surface area (Å²) in [7, 11) is 1.57. The molecule has 5 nitrogen and oxygen atoms in total. The number of methoxy groups -OCH3 is 1. The maximum absolute atomic E-state index is 11.7. The molecule has 0 fully saturated rings. The third kappa shape index (κ3) is 15.7. The Balaban J connectivity index is 0. The molecule has 0 aromatic carbocycles. The molecule has 0 amide bonds. The monoisotopic (exact) mass is 399 g/mol. The van der Waals surface area contributed by atoms with Gasteiger partial charge in [-0.1, -0.05) is 0 Å². The van der Waals surface area contributed by atoms with Crippen molar-refractivity contribution in [3.63, 3.8) is 0 Å². The van der Waals surface area contributed by atoms with Gasteiger partial charge in [-0.2, -0.15) is 13.2 Å². The Morgan fingerprint density at radius 1 is 1.42 bits per heavy atom. The molecule has 0 rings (SSSR count). The number of nitrogens with two attached hydrogens (primary N) is 1. The highest BCUT2D eigenvalue weighted by atomic mass is 127. The van der Waals surface area contributed by atoms with Crippen LogP contribution in [0.3, 0.4) is 0 Å². The van der Waals surface area contributed by atoms with Gasteiger partial charge >= 0.3 is 6.18 Å². The molecule has 0 radical (unpaired) electrons. The minimum absolute atomic E-state index is 0. The first-order valence-corrected chi connectivity index (χ1v) is 5.55. The van der Waals surface area contributed by atoms with Gasteiger partial charge in [0.15, 0.2) is 5.96 Å². The molecule has 1 unspecified atom stereocenters. The minimum Gasteiger partial charge on any atom is -0.383 e. The van der Waals surface area contributed by atoms with Crippen molar-refractivity contribution in [3.05, 3.63) is 0 Å². The third-order valence-electron chi connectivity index (χ3n) is 1.81. The van der Waals surface area contributed by atoms with E-state index < -0.39 is 12.8 Å². The molecule has 0 bridgehead atoms. The number of ether oxygens (including phenoxy) is 2. The van der Waals surface area contributed by atoms with Crippen LogP contribution in [0.1, 0.15) is 13.3 Å². The van der Waals surface area contributed by atoms with Crippen molar-refractivity contribution in [2.75, 3.05) is 33.5 Å². The molecule has 9 heteroatoms. The average molecular weight is 399 g/mol. The Labute approximate surface area is 128 Å². The zero-order valence-corrected chi connectivity index (χ0v) is 13.3.